The van der Waals surface area contributed by atoms with Crippen molar-refractivity contribution in [3.05, 3.63) is 47.0 Å². The molecule has 0 saturated carbocycles. The summed E-state index contributed by atoms with van der Waals surface area (Å²) >= 11 is 2.97. The number of rotatable bonds is 6. The van der Waals surface area contributed by atoms with Gasteiger partial charge in [0.25, 0.3) is 0 Å². The van der Waals surface area contributed by atoms with Crippen LogP contribution in [0, 0.1) is 6.92 Å². The van der Waals surface area contributed by atoms with Crippen LogP contribution in [0.4, 0.5) is 0 Å². The van der Waals surface area contributed by atoms with Crippen LogP contribution in [-0.2, 0) is 20.6 Å². The monoisotopic (exact) mass is 411 g/mol. The highest BCUT2D eigenvalue weighted by atomic mass is 32.2. The summed E-state index contributed by atoms with van der Waals surface area (Å²) in [6.07, 6.45) is 0. The predicted octanol–water partition coefficient (Wildman–Crippen LogP) is 2.22. The molecule has 1 aliphatic heterocycles. The van der Waals surface area contributed by atoms with Crippen LogP contribution in [0.2, 0.25) is 0 Å². The van der Waals surface area contributed by atoms with Gasteiger partial charge in [-0.1, -0.05) is 42.1 Å². The van der Waals surface area contributed by atoms with E-state index in [0.29, 0.717) is 31.9 Å². The van der Waals surface area contributed by atoms with E-state index in [4.69, 9.17) is 0 Å². The number of carbonyl (C=O) groups excluding carboxylic acids is 1. The summed E-state index contributed by atoms with van der Waals surface area (Å²) in [5.41, 5.74) is 1.74. The van der Waals surface area contributed by atoms with Crippen LogP contribution < -0.4 is 0 Å². The molecule has 0 unspecified atom stereocenters. The lowest BCUT2D eigenvalue weighted by Gasteiger charge is -2.34. The summed E-state index contributed by atoms with van der Waals surface area (Å²) in [5, 5.41) is 1.96. The minimum Gasteiger partial charge on any atom is -0.339 e. The van der Waals surface area contributed by atoms with E-state index < -0.39 is 10.0 Å². The lowest BCUT2D eigenvalue weighted by atomic mass is 10.2. The Balaban J connectivity index is 1.49. The third-order valence-electron chi connectivity index (χ3n) is 4.09. The number of piperazine rings is 1. The van der Waals surface area contributed by atoms with Crippen molar-refractivity contribution in [2.45, 2.75) is 17.0 Å². The number of hydrogen-bond donors (Lipinski definition) is 0. The number of carbonyl (C=O) groups is 1. The van der Waals surface area contributed by atoms with E-state index in [2.05, 4.69) is 4.98 Å². The molecule has 0 radical (unpaired) electrons. The minimum absolute atomic E-state index is 0.00103. The van der Waals surface area contributed by atoms with Crippen molar-refractivity contribution in [2.24, 2.45) is 0 Å². The average molecular weight is 412 g/mol. The van der Waals surface area contributed by atoms with Gasteiger partial charge in [-0.05, 0) is 12.5 Å². The van der Waals surface area contributed by atoms with Crippen molar-refractivity contribution in [1.82, 2.24) is 14.2 Å². The molecule has 1 saturated heterocycles. The summed E-state index contributed by atoms with van der Waals surface area (Å²) in [6.45, 7) is 3.50. The Bertz CT molecular complexity index is 844. The van der Waals surface area contributed by atoms with Gasteiger partial charge in [-0.3, -0.25) is 4.79 Å². The summed E-state index contributed by atoms with van der Waals surface area (Å²) < 4.78 is 27.5. The largest absolute Gasteiger partial charge is 0.339 e. The molecule has 1 aromatic heterocycles. The van der Waals surface area contributed by atoms with Crippen LogP contribution in [0.25, 0.3) is 0 Å². The minimum atomic E-state index is -3.36. The molecule has 0 atom stereocenters. The molecule has 0 spiro atoms. The maximum Gasteiger partial charge on any atom is 0.233 e. The van der Waals surface area contributed by atoms with Crippen molar-refractivity contribution >= 4 is 39.0 Å². The fraction of sp³-hybridized carbons (Fsp3) is 0.412. The molecule has 2 aromatic rings. The highest BCUT2D eigenvalue weighted by Gasteiger charge is 2.28. The molecule has 3 rings (SSSR count). The first-order chi connectivity index (χ1) is 12.4. The number of amides is 1. The zero-order chi connectivity index (χ0) is 18.6. The molecule has 0 N–H and O–H groups in total. The van der Waals surface area contributed by atoms with E-state index in [0.717, 1.165) is 15.6 Å². The molecule has 0 aliphatic carbocycles. The fourth-order valence-corrected chi connectivity index (χ4v) is 5.97. The van der Waals surface area contributed by atoms with Gasteiger partial charge in [0.15, 0.2) is 4.34 Å². The predicted molar refractivity (Wildman–Crippen MR) is 105 cm³/mol. The van der Waals surface area contributed by atoms with Gasteiger partial charge in [0.2, 0.25) is 15.9 Å². The quantitative estimate of drug-likeness (QED) is 0.682. The third kappa shape index (κ3) is 5.06. The first-order valence-electron chi connectivity index (χ1n) is 8.28. The van der Waals surface area contributed by atoms with Gasteiger partial charge < -0.3 is 4.90 Å². The van der Waals surface area contributed by atoms with Gasteiger partial charge in [0, 0.05) is 37.3 Å². The standard InChI is InChI=1S/C17H21N3O3S3/c1-14-11-24-17(18-14)25-12-16(21)19-7-9-20(10-8-19)26(22,23)13-15-5-3-2-4-6-15/h2-6,11H,7-10,12-13H2,1H3. The Morgan fingerprint density at radius 2 is 1.88 bits per heavy atom. The molecule has 2 heterocycles. The van der Waals surface area contributed by atoms with Crippen molar-refractivity contribution in [3.8, 4) is 0 Å². The zero-order valence-corrected chi connectivity index (χ0v) is 16.9. The Kier molecular flexibility index (Phi) is 6.33. The maximum absolute atomic E-state index is 12.6. The van der Waals surface area contributed by atoms with E-state index in [9.17, 15) is 13.2 Å². The lowest BCUT2D eigenvalue weighted by molar-refractivity contribution is -0.129. The Morgan fingerprint density at radius 1 is 1.19 bits per heavy atom. The van der Waals surface area contributed by atoms with Gasteiger partial charge in [0.05, 0.1) is 11.5 Å². The van der Waals surface area contributed by atoms with E-state index in [-0.39, 0.29) is 11.7 Å². The number of benzene rings is 1. The van der Waals surface area contributed by atoms with Crippen molar-refractivity contribution in [1.29, 1.82) is 0 Å². The second kappa shape index (κ2) is 8.51. The average Bonchev–Trinajstić information content (AvgIpc) is 3.05. The lowest BCUT2D eigenvalue weighted by Crippen LogP contribution is -2.51. The van der Waals surface area contributed by atoms with Gasteiger partial charge in [0.1, 0.15) is 0 Å². The topological polar surface area (TPSA) is 70.6 Å². The summed E-state index contributed by atoms with van der Waals surface area (Å²) in [7, 11) is -3.36. The fourth-order valence-electron chi connectivity index (χ4n) is 2.71. The van der Waals surface area contributed by atoms with Crippen LogP contribution in [-0.4, -0.2) is 60.4 Å². The van der Waals surface area contributed by atoms with Crippen molar-refractivity contribution < 1.29 is 13.2 Å². The molecule has 1 aliphatic rings. The molecule has 140 valence electrons. The summed E-state index contributed by atoms with van der Waals surface area (Å²) in [4.78, 5) is 18.4. The number of aryl methyl sites for hydroxylation is 1. The van der Waals surface area contributed by atoms with E-state index in [1.165, 1.54) is 27.4 Å². The Morgan fingerprint density at radius 3 is 2.50 bits per heavy atom. The molecular weight excluding hydrogens is 390 g/mol. The third-order valence-corrected chi connectivity index (χ3v) is 8.07. The highest BCUT2D eigenvalue weighted by Crippen LogP contribution is 2.23. The van der Waals surface area contributed by atoms with Crippen molar-refractivity contribution in [3.63, 3.8) is 0 Å². The van der Waals surface area contributed by atoms with Crippen LogP contribution in [0.1, 0.15) is 11.3 Å². The second-order valence-electron chi connectivity index (χ2n) is 6.07. The smallest absolute Gasteiger partial charge is 0.233 e. The Hall–Kier alpha value is -1.42. The SMILES string of the molecule is Cc1csc(SCC(=O)N2CCN(S(=O)(=O)Cc3ccccc3)CC2)n1. The van der Waals surface area contributed by atoms with Gasteiger partial charge >= 0.3 is 0 Å². The molecule has 9 heteroatoms. The highest BCUT2D eigenvalue weighted by molar-refractivity contribution is 8.01. The van der Waals surface area contributed by atoms with Crippen LogP contribution in [0.5, 0.6) is 0 Å². The van der Waals surface area contributed by atoms with E-state index in [1.54, 1.807) is 4.90 Å². The first-order valence-corrected chi connectivity index (χ1v) is 11.8. The number of thiazole rings is 1. The van der Waals surface area contributed by atoms with Crippen molar-refractivity contribution in [2.75, 3.05) is 31.9 Å². The van der Waals surface area contributed by atoms with Crippen LogP contribution in [0.3, 0.4) is 0 Å². The number of aromatic nitrogens is 1. The van der Waals surface area contributed by atoms with E-state index in [1.807, 2.05) is 42.6 Å². The molecule has 1 aromatic carbocycles. The second-order valence-corrected chi connectivity index (χ2v) is 10.1. The molecule has 6 nitrogen and oxygen atoms in total. The summed E-state index contributed by atoms with van der Waals surface area (Å²) in [6, 6.07) is 9.17. The van der Waals surface area contributed by atoms with Gasteiger partial charge in [-0.25, -0.2) is 13.4 Å². The van der Waals surface area contributed by atoms with Crippen LogP contribution in [0.15, 0.2) is 40.1 Å². The molecule has 1 fully saturated rings. The number of sulfonamides is 1. The normalized spacial score (nSPS) is 16.0. The molecular formula is C17H21N3O3S3. The maximum atomic E-state index is 12.6. The molecule has 0 bridgehead atoms. The summed E-state index contributed by atoms with van der Waals surface area (Å²) in [5.74, 6) is 0.369. The zero-order valence-electron chi connectivity index (χ0n) is 14.5. The van der Waals surface area contributed by atoms with Gasteiger partial charge in [-0.2, -0.15) is 4.31 Å². The van der Waals surface area contributed by atoms with E-state index >= 15 is 0 Å². The van der Waals surface area contributed by atoms with Gasteiger partial charge in [-0.15, -0.1) is 11.3 Å². The number of nitrogens with zero attached hydrogens (tertiary/aromatic N) is 3. The molecule has 1 amide bonds. The number of hydrogen-bond acceptors (Lipinski definition) is 6. The molecule has 26 heavy (non-hydrogen) atoms. The first kappa shape index (κ1) is 19.3. The number of thioether (sulfide) groups is 1. The Labute approximate surface area is 162 Å². The van der Waals surface area contributed by atoms with Crippen LogP contribution >= 0.6 is 23.1 Å².